The van der Waals surface area contributed by atoms with Gasteiger partial charge in [0.15, 0.2) is 11.6 Å². The van der Waals surface area contributed by atoms with E-state index >= 15 is 0 Å². The van der Waals surface area contributed by atoms with Gasteiger partial charge >= 0.3 is 5.97 Å². The number of benzene rings is 1. The van der Waals surface area contributed by atoms with Crippen molar-refractivity contribution in [1.82, 2.24) is 0 Å². The zero-order valence-corrected chi connectivity index (χ0v) is 28.1. The van der Waals surface area contributed by atoms with Gasteiger partial charge in [-0.15, -0.1) is 22.9 Å². The molecule has 0 radical (unpaired) electrons. The Balaban J connectivity index is 1.10. The first-order chi connectivity index (χ1) is 20.3. The molecule has 1 aliphatic carbocycles. The van der Waals surface area contributed by atoms with E-state index < -0.39 is 29.9 Å². The van der Waals surface area contributed by atoms with Gasteiger partial charge in [0, 0.05) is 20.3 Å². The van der Waals surface area contributed by atoms with Gasteiger partial charge in [0.1, 0.15) is 29.8 Å². The first-order valence-corrected chi connectivity index (χ1v) is 17.0. The molecule has 11 heteroatoms. The van der Waals surface area contributed by atoms with E-state index in [1.165, 1.54) is 11.3 Å². The number of aliphatic hydroxyl groups is 1. The van der Waals surface area contributed by atoms with E-state index in [0.717, 1.165) is 42.5 Å². The maximum atomic E-state index is 12.9. The molecular formula is C32H41Cl3O7S. The molecule has 43 heavy (non-hydrogen) atoms. The standard InChI is InChI=1S/C32H41Cl3O7S/c1-31(2)39-17-27(40-31)29-26(41-32(3,4)42-29)16-38-30(37)28-11-9-21(43-28)6-5-7-22-23(25(36)15-24(22)35)10-8-18-12-19(33)14-20(34)13-18/h9,11-14,22-27,29,36H,5-8,10,15-17H2,1-4H3/t22-,23-,24-,25-,26-,27+,29+/m1/s1. The Kier molecular flexibility index (Phi) is 10.7. The van der Waals surface area contributed by atoms with Crippen molar-refractivity contribution in [2.75, 3.05) is 13.2 Å². The van der Waals surface area contributed by atoms with E-state index in [1.807, 2.05) is 52.0 Å². The van der Waals surface area contributed by atoms with Gasteiger partial charge in [-0.2, -0.15) is 0 Å². The first kappa shape index (κ1) is 33.4. The Morgan fingerprint density at radius 3 is 2.44 bits per heavy atom. The lowest BCUT2D eigenvalue weighted by molar-refractivity contribution is -0.175. The SMILES string of the molecule is CC1(C)OC[C@@H]([C@H]2OC(C)(C)O[C@@H]2COC(=O)c2ccc(CCC[C@@H]3[C@@H](CCc4cc(Cl)cc(Cl)c4)[C@H](O)C[C@H]3Cl)s2)O1. The summed E-state index contributed by atoms with van der Waals surface area (Å²) in [6.07, 6.45) is 3.28. The van der Waals surface area contributed by atoms with Crippen molar-refractivity contribution >= 4 is 52.1 Å². The van der Waals surface area contributed by atoms with Crippen LogP contribution in [0.4, 0.5) is 0 Å². The van der Waals surface area contributed by atoms with Crippen molar-refractivity contribution in [2.24, 2.45) is 11.8 Å². The molecule has 0 amide bonds. The lowest BCUT2D eigenvalue weighted by Gasteiger charge is -2.23. The quantitative estimate of drug-likeness (QED) is 0.196. The van der Waals surface area contributed by atoms with Gasteiger partial charge in [-0.25, -0.2) is 4.79 Å². The zero-order chi connectivity index (χ0) is 30.9. The number of halogens is 3. The monoisotopic (exact) mass is 674 g/mol. The molecule has 238 valence electrons. The summed E-state index contributed by atoms with van der Waals surface area (Å²) >= 11 is 20.5. The number of carbonyl (C=O) groups excluding carboxylic acids is 1. The van der Waals surface area contributed by atoms with Crippen LogP contribution in [0.25, 0.3) is 0 Å². The van der Waals surface area contributed by atoms with Crippen LogP contribution in [0.15, 0.2) is 30.3 Å². The van der Waals surface area contributed by atoms with Gasteiger partial charge in [-0.05, 0) is 114 Å². The molecular weight excluding hydrogens is 635 g/mol. The fourth-order valence-electron chi connectivity index (χ4n) is 6.57. The molecule has 3 aliphatic rings. The van der Waals surface area contributed by atoms with Gasteiger partial charge in [-0.3, -0.25) is 0 Å². The molecule has 2 aliphatic heterocycles. The number of carbonyl (C=O) groups is 1. The number of aliphatic hydroxyl groups excluding tert-OH is 1. The molecule has 0 spiro atoms. The lowest BCUT2D eigenvalue weighted by atomic mass is 9.85. The minimum Gasteiger partial charge on any atom is -0.459 e. The fraction of sp³-hybridized carbons (Fsp3) is 0.656. The Morgan fingerprint density at radius 1 is 1.00 bits per heavy atom. The van der Waals surface area contributed by atoms with Crippen LogP contribution in [-0.2, 0) is 36.5 Å². The van der Waals surface area contributed by atoms with E-state index in [4.69, 9.17) is 58.5 Å². The van der Waals surface area contributed by atoms with Crippen molar-refractivity contribution in [2.45, 2.75) is 108 Å². The highest BCUT2D eigenvalue weighted by Gasteiger charge is 2.50. The normalized spacial score (nSPS) is 31.5. The molecule has 0 unspecified atom stereocenters. The van der Waals surface area contributed by atoms with E-state index in [-0.39, 0.29) is 35.9 Å². The number of hydrogen-bond donors (Lipinski definition) is 1. The van der Waals surface area contributed by atoms with E-state index in [9.17, 15) is 9.90 Å². The zero-order valence-electron chi connectivity index (χ0n) is 25.0. The van der Waals surface area contributed by atoms with Gasteiger partial charge < -0.3 is 28.8 Å². The number of hydrogen-bond acceptors (Lipinski definition) is 8. The lowest BCUT2D eigenvalue weighted by Crippen LogP contribution is -2.40. The molecule has 3 heterocycles. The highest BCUT2D eigenvalue weighted by molar-refractivity contribution is 7.13. The summed E-state index contributed by atoms with van der Waals surface area (Å²) in [6, 6.07) is 9.37. The molecule has 5 rings (SSSR count). The number of aryl methyl sites for hydroxylation is 2. The predicted molar refractivity (Wildman–Crippen MR) is 168 cm³/mol. The van der Waals surface area contributed by atoms with Crippen LogP contribution in [-0.4, -0.2) is 65.7 Å². The molecule has 3 fully saturated rings. The van der Waals surface area contributed by atoms with Gasteiger partial charge in [0.25, 0.3) is 0 Å². The largest absolute Gasteiger partial charge is 0.459 e. The molecule has 2 aromatic rings. The number of thiophene rings is 1. The predicted octanol–water partition coefficient (Wildman–Crippen LogP) is 7.44. The maximum Gasteiger partial charge on any atom is 0.348 e. The maximum absolute atomic E-state index is 12.9. The highest BCUT2D eigenvalue weighted by atomic mass is 35.5. The topological polar surface area (TPSA) is 83.5 Å². The summed E-state index contributed by atoms with van der Waals surface area (Å²) in [6.45, 7) is 7.84. The average molecular weight is 676 g/mol. The van der Waals surface area contributed by atoms with Crippen molar-refractivity contribution in [3.8, 4) is 0 Å². The number of alkyl halides is 1. The van der Waals surface area contributed by atoms with E-state index in [0.29, 0.717) is 28.0 Å². The third kappa shape index (κ3) is 8.66. The number of rotatable bonds is 11. The third-order valence-electron chi connectivity index (χ3n) is 8.48. The van der Waals surface area contributed by atoms with Crippen LogP contribution in [0, 0.1) is 11.8 Å². The van der Waals surface area contributed by atoms with Gasteiger partial charge in [0.05, 0.1) is 12.7 Å². The van der Waals surface area contributed by atoms with Gasteiger partial charge in [-0.1, -0.05) is 23.2 Å². The Labute approximate surface area is 273 Å². The third-order valence-corrected chi connectivity index (χ3v) is 10.5. The molecule has 0 bridgehead atoms. The van der Waals surface area contributed by atoms with Crippen molar-refractivity contribution < 1.29 is 33.6 Å². The Hall–Kier alpha value is -0.940. The Bertz CT molecular complexity index is 1250. The van der Waals surface area contributed by atoms with Crippen LogP contribution in [0.1, 0.15) is 73.5 Å². The second-order valence-corrected chi connectivity index (χ2v) is 15.3. The summed E-state index contributed by atoms with van der Waals surface area (Å²) in [7, 11) is 0. The van der Waals surface area contributed by atoms with Gasteiger partial charge in [0.2, 0.25) is 0 Å². The van der Waals surface area contributed by atoms with Crippen LogP contribution < -0.4 is 0 Å². The Morgan fingerprint density at radius 2 is 1.74 bits per heavy atom. The minimum atomic E-state index is -0.812. The van der Waals surface area contributed by atoms with Crippen molar-refractivity contribution in [3.05, 3.63) is 55.7 Å². The molecule has 2 saturated heterocycles. The fourth-order valence-corrected chi connectivity index (χ4v) is 8.58. The summed E-state index contributed by atoms with van der Waals surface area (Å²) in [4.78, 5) is 14.6. The van der Waals surface area contributed by atoms with Crippen LogP contribution in [0.3, 0.4) is 0 Å². The molecule has 7 atom stereocenters. The molecule has 1 aromatic carbocycles. The minimum absolute atomic E-state index is 0.0559. The highest BCUT2D eigenvalue weighted by Crippen LogP contribution is 2.42. The molecule has 1 saturated carbocycles. The smallest absolute Gasteiger partial charge is 0.348 e. The molecule has 1 N–H and O–H groups in total. The second kappa shape index (κ2) is 13.8. The van der Waals surface area contributed by atoms with Crippen LogP contribution in [0.2, 0.25) is 10.0 Å². The van der Waals surface area contributed by atoms with Crippen molar-refractivity contribution in [3.63, 3.8) is 0 Å². The average Bonchev–Trinajstić information content (AvgIpc) is 3.66. The van der Waals surface area contributed by atoms with E-state index in [1.54, 1.807) is 6.07 Å². The summed E-state index contributed by atoms with van der Waals surface area (Å²) in [5, 5.41) is 11.9. The van der Waals surface area contributed by atoms with Crippen LogP contribution >= 0.6 is 46.1 Å². The molecule has 7 nitrogen and oxygen atoms in total. The van der Waals surface area contributed by atoms with Crippen LogP contribution in [0.5, 0.6) is 0 Å². The van der Waals surface area contributed by atoms with E-state index in [2.05, 4.69) is 0 Å². The summed E-state index contributed by atoms with van der Waals surface area (Å²) in [5.41, 5.74) is 1.07. The van der Waals surface area contributed by atoms with Crippen molar-refractivity contribution in [1.29, 1.82) is 0 Å². The second-order valence-electron chi connectivity index (χ2n) is 12.7. The summed E-state index contributed by atoms with van der Waals surface area (Å²) < 4.78 is 29.5. The number of ether oxygens (including phenoxy) is 5. The molecule has 1 aromatic heterocycles. The summed E-state index contributed by atoms with van der Waals surface area (Å²) in [5.74, 6) is -1.54. The first-order valence-electron chi connectivity index (χ1n) is 15.0. The number of esters is 1.